The van der Waals surface area contributed by atoms with E-state index < -0.39 is 6.04 Å². The number of aromatic nitrogens is 2. The first-order chi connectivity index (χ1) is 11.0. The number of hydrogen-bond acceptors (Lipinski definition) is 5. The number of aryl methyl sites for hydroxylation is 1. The van der Waals surface area contributed by atoms with E-state index in [-0.39, 0.29) is 18.3 Å². The molecule has 0 spiro atoms. The van der Waals surface area contributed by atoms with Gasteiger partial charge in [-0.25, -0.2) is 4.39 Å². The van der Waals surface area contributed by atoms with Crippen molar-refractivity contribution in [3.05, 3.63) is 35.5 Å². The highest BCUT2D eigenvalue weighted by atomic mass is 19.1. The summed E-state index contributed by atoms with van der Waals surface area (Å²) in [5.41, 5.74) is 7.29. The van der Waals surface area contributed by atoms with Crippen molar-refractivity contribution in [2.45, 2.75) is 38.8 Å². The van der Waals surface area contributed by atoms with Gasteiger partial charge in [0.25, 0.3) is 0 Å². The van der Waals surface area contributed by atoms with E-state index in [1.807, 2.05) is 0 Å². The van der Waals surface area contributed by atoms with Gasteiger partial charge in [0.2, 0.25) is 17.6 Å². The molecule has 1 aromatic carbocycles. The van der Waals surface area contributed by atoms with Crippen LogP contribution in [-0.4, -0.2) is 33.5 Å². The average molecular weight is 318 g/mol. The van der Waals surface area contributed by atoms with Crippen LogP contribution in [0.5, 0.6) is 0 Å². The van der Waals surface area contributed by atoms with E-state index in [4.69, 9.17) is 10.3 Å². The number of likely N-dealkylation sites (tertiary alicyclic amines) is 1. The smallest absolute Gasteiger partial charge is 0.246 e. The maximum atomic E-state index is 13.2. The van der Waals surface area contributed by atoms with Crippen LogP contribution in [-0.2, 0) is 11.3 Å². The van der Waals surface area contributed by atoms with Gasteiger partial charge in [0.1, 0.15) is 12.4 Å². The van der Waals surface area contributed by atoms with Crippen LogP contribution in [0.15, 0.2) is 22.7 Å². The van der Waals surface area contributed by atoms with Gasteiger partial charge < -0.3 is 15.2 Å². The third-order valence-corrected chi connectivity index (χ3v) is 4.05. The fraction of sp³-hybridized carbons (Fsp3) is 0.438. The van der Waals surface area contributed by atoms with Crippen LogP contribution < -0.4 is 5.73 Å². The van der Waals surface area contributed by atoms with E-state index in [0.29, 0.717) is 30.2 Å². The van der Waals surface area contributed by atoms with E-state index in [9.17, 15) is 9.18 Å². The van der Waals surface area contributed by atoms with Crippen LogP contribution in [0.25, 0.3) is 11.4 Å². The van der Waals surface area contributed by atoms with Crippen molar-refractivity contribution in [1.29, 1.82) is 0 Å². The summed E-state index contributed by atoms with van der Waals surface area (Å²) >= 11 is 0. The number of carbonyl (C=O) groups excluding carboxylic acids is 1. The highest BCUT2D eigenvalue weighted by Gasteiger charge is 2.25. The van der Waals surface area contributed by atoms with Gasteiger partial charge in [0.15, 0.2) is 0 Å². The van der Waals surface area contributed by atoms with Gasteiger partial charge in [0.05, 0.1) is 6.04 Å². The molecule has 1 aliphatic rings. The van der Waals surface area contributed by atoms with Crippen molar-refractivity contribution in [1.82, 2.24) is 15.0 Å². The molecule has 122 valence electrons. The molecule has 0 aliphatic carbocycles. The van der Waals surface area contributed by atoms with Gasteiger partial charge in [-0.2, -0.15) is 4.98 Å². The van der Waals surface area contributed by atoms with E-state index in [1.54, 1.807) is 17.9 Å². The molecular formula is C16H19FN4O2. The third-order valence-electron chi connectivity index (χ3n) is 4.05. The van der Waals surface area contributed by atoms with Crippen LogP contribution in [0.4, 0.5) is 4.39 Å². The molecule has 2 N–H and O–H groups in total. The average Bonchev–Trinajstić information content (AvgIpc) is 2.91. The Morgan fingerprint density at radius 2 is 2.26 bits per heavy atom. The molecule has 7 heteroatoms. The Labute approximate surface area is 133 Å². The van der Waals surface area contributed by atoms with Crippen molar-refractivity contribution in [3.8, 4) is 11.4 Å². The normalized spacial score (nSPS) is 19.0. The fourth-order valence-corrected chi connectivity index (χ4v) is 2.76. The summed E-state index contributed by atoms with van der Waals surface area (Å²) in [4.78, 5) is 18.2. The summed E-state index contributed by atoms with van der Waals surface area (Å²) in [6, 6.07) is 3.93. The van der Waals surface area contributed by atoms with Crippen LogP contribution in [0, 0.1) is 12.7 Å². The highest BCUT2D eigenvalue weighted by Crippen LogP contribution is 2.22. The molecule has 0 radical (unpaired) electrons. The minimum atomic E-state index is -0.459. The standard InChI is InChI=1S/C16H19FN4O2/c1-10-8-11(17)5-6-12(10)15-19-14(23-20-15)9-21-7-3-2-4-13(18)16(21)22/h5-6,8,13H,2-4,7,9,18H2,1H3. The fourth-order valence-electron chi connectivity index (χ4n) is 2.76. The molecule has 1 amide bonds. The zero-order chi connectivity index (χ0) is 16.4. The molecule has 3 rings (SSSR count). The zero-order valence-electron chi connectivity index (χ0n) is 13.0. The summed E-state index contributed by atoms with van der Waals surface area (Å²) in [5, 5.41) is 3.93. The monoisotopic (exact) mass is 318 g/mol. The second-order valence-electron chi connectivity index (χ2n) is 5.83. The van der Waals surface area contributed by atoms with Crippen molar-refractivity contribution >= 4 is 5.91 Å². The van der Waals surface area contributed by atoms with Gasteiger partial charge in [-0.05, 0) is 49.9 Å². The molecule has 6 nitrogen and oxygen atoms in total. The minimum Gasteiger partial charge on any atom is -0.337 e. The van der Waals surface area contributed by atoms with Gasteiger partial charge in [-0.3, -0.25) is 4.79 Å². The van der Waals surface area contributed by atoms with Gasteiger partial charge in [0, 0.05) is 12.1 Å². The number of hydrogen-bond donors (Lipinski definition) is 1. The quantitative estimate of drug-likeness (QED) is 0.936. The Bertz CT molecular complexity index is 716. The molecule has 2 aromatic rings. The largest absolute Gasteiger partial charge is 0.337 e. The molecule has 1 atom stereocenters. The Morgan fingerprint density at radius 3 is 3.04 bits per heavy atom. The van der Waals surface area contributed by atoms with E-state index in [0.717, 1.165) is 18.4 Å². The van der Waals surface area contributed by atoms with Gasteiger partial charge in [-0.1, -0.05) is 5.16 Å². The number of halogens is 1. The van der Waals surface area contributed by atoms with Crippen molar-refractivity contribution in [3.63, 3.8) is 0 Å². The van der Waals surface area contributed by atoms with E-state index >= 15 is 0 Å². The number of rotatable bonds is 3. The van der Waals surface area contributed by atoms with Crippen LogP contribution in [0.2, 0.25) is 0 Å². The summed E-state index contributed by atoms with van der Waals surface area (Å²) < 4.78 is 18.4. The predicted molar refractivity (Wildman–Crippen MR) is 81.7 cm³/mol. The molecule has 1 aromatic heterocycles. The number of amides is 1. The van der Waals surface area contributed by atoms with Crippen LogP contribution >= 0.6 is 0 Å². The SMILES string of the molecule is Cc1cc(F)ccc1-c1noc(CN2CCCCC(N)C2=O)n1. The number of nitrogens with two attached hydrogens (primary N) is 1. The van der Waals surface area contributed by atoms with Crippen molar-refractivity contribution < 1.29 is 13.7 Å². The second kappa shape index (κ2) is 6.45. The molecule has 2 heterocycles. The zero-order valence-corrected chi connectivity index (χ0v) is 13.0. The Kier molecular flexibility index (Phi) is 4.38. The highest BCUT2D eigenvalue weighted by molar-refractivity contribution is 5.81. The maximum absolute atomic E-state index is 13.2. The summed E-state index contributed by atoms with van der Waals surface area (Å²) in [6.07, 6.45) is 2.56. The lowest BCUT2D eigenvalue weighted by Gasteiger charge is -2.20. The lowest BCUT2D eigenvalue weighted by Crippen LogP contribution is -2.41. The van der Waals surface area contributed by atoms with Crippen molar-refractivity contribution in [2.24, 2.45) is 5.73 Å². The maximum Gasteiger partial charge on any atom is 0.246 e. The summed E-state index contributed by atoms with van der Waals surface area (Å²) in [5.74, 6) is 0.356. The molecule has 0 bridgehead atoms. The Balaban J connectivity index is 1.78. The predicted octanol–water partition coefficient (Wildman–Crippen LogP) is 2.02. The minimum absolute atomic E-state index is 0.0831. The lowest BCUT2D eigenvalue weighted by atomic mass is 10.1. The molecule has 1 aliphatic heterocycles. The Morgan fingerprint density at radius 1 is 1.43 bits per heavy atom. The molecular weight excluding hydrogens is 299 g/mol. The van der Waals surface area contributed by atoms with Gasteiger partial charge in [-0.15, -0.1) is 0 Å². The molecule has 1 saturated heterocycles. The number of benzene rings is 1. The second-order valence-corrected chi connectivity index (χ2v) is 5.83. The molecule has 23 heavy (non-hydrogen) atoms. The first-order valence-electron chi connectivity index (χ1n) is 7.68. The third kappa shape index (κ3) is 3.39. The summed E-state index contributed by atoms with van der Waals surface area (Å²) in [6.45, 7) is 2.67. The first-order valence-corrected chi connectivity index (χ1v) is 7.68. The lowest BCUT2D eigenvalue weighted by molar-refractivity contribution is -0.133. The summed E-state index contributed by atoms with van der Waals surface area (Å²) in [7, 11) is 0. The van der Waals surface area contributed by atoms with Gasteiger partial charge >= 0.3 is 0 Å². The first kappa shape index (κ1) is 15.6. The Hall–Kier alpha value is -2.28. The molecule has 1 fully saturated rings. The number of nitrogens with zero attached hydrogens (tertiary/aromatic N) is 3. The van der Waals surface area contributed by atoms with E-state index in [2.05, 4.69) is 10.1 Å². The molecule has 0 saturated carbocycles. The van der Waals surface area contributed by atoms with E-state index in [1.165, 1.54) is 12.1 Å². The van der Waals surface area contributed by atoms with Crippen LogP contribution in [0.3, 0.4) is 0 Å². The topological polar surface area (TPSA) is 85.3 Å². The number of carbonyl (C=O) groups is 1. The molecule has 1 unspecified atom stereocenters. The van der Waals surface area contributed by atoms with Crippen molar-refractivity contribution in [2.75, 3.05) is 6.54 Å². The van der Waals surface area contributed by atoms with Crippen LogP contribution in [0.1, 0.15) is 30.7 Å².